The Morgan fingerprint density at radius 3 is 1.93 bits per heavy atom. The molecule has 30 heavy (non-hydrogen) atoms. The topological polar surface area (TPSA) is 43.9 Å². The molecule has 5 nitrogen and oxygen atoms in total. The van der Waals surface area contributed by atoms with Gasteiger partial charge < -0.3 is 0 Å². The molecular formula is C24H31N3O2S. The Labute approximate surface area is 180 Å². The molecule has 2 atom stereocenters. The van der Waals surface area contributed by atoms with E-state index in [1.165, 1.54) is 18.4 Å². The summed E-state index contributed by atoms with van der Waals surface area (Å²) in [6.45, 7) is 6.80. The first-order chi connectivity index (χ1) is 14.6. The number of rotatable bonds is 5. The predicted molar refractivity (Wildman–Crippen MR) is 118 cm³/mol. The normalized spacial score (nSPS) is 26.8. The first kappa shape index (κ1) is 20.2. The Balaban J connectivity index is 1.13. The Bertz CT molecular complexity index is 929. The molecule has 3 aliphatic rings. The van der Waals surface area contributed by atoms with Crippen LogP contribution in [0.2, 0.25) is 0 Å². The van der Waals surface area contributed by atoms with Crippen LogP contribution in [0.15, 0.2) is 65.6 Å². The fourth-order valence-corrected chi connectivity index (χ4v) is 7.08. The molecule has 3 fully saturated rings. The van der Waals surface area contributed by atoms with Gasteiger partial charge in [-0.25, -0.2) is 8.42 Å². The van der Waals surface area contributed by atoms with Crippen LogP contribution in [0.25, 0.3) is 0 Å². The highest BCUT2D eigenvalue weighted by Crippen LogP contribution is 2.36. The van der Waals surface area contributed by atoms with Crippen molar-refractivity contribution < 1.29 is 8.42 Å². The molecule has 0 aromatic heterocycles. The predicted octanol–water partition coefficient (Wildman–Crippen LogP) is 2.90. The van der Waals surface area contributed by atoms with Crippen molar-refractivity contribution in [3.63, 3.8) is 0 Å². The molecule has 3 saturated heterocycles. The van der Waals surface area contributed by atoms with Crippen LogP contribution in [0.1, 0.15) is 18.4 Å². The highest BCUT2D eigenvalue weighted by Gasteiger charge is 2.45. The molecule has 2 aromatic carbocycles. The van der Waals surface area contributed by atoms with E-state index in [2.05, 4.69) is 40.1 Å². The maximum absolute atomic E-state index is 12.9. The van der Waals surface area contributed by atoms with E-state index in [0.29, 0.717) is 35.9 Å². The number of nitrogens with zero attached hydrogens (tertiary/aromatic N) is 3. The molecule has 2 aromatic rings. The van der Waals surface area contributed by atoms with E-state index < -0.39 is 10.0 Å². The standard InChI is InChI=1S/C24H31N3O2S/c28-30(29,24-9-5-2-6-10-24)27-18-21-16-26(17-22(21)19-27)23-11-13-25(14-12-23)15-20-7-3-1-4-8-20/h1-10,21-23H,11-19H2. The van der Waals surface area contributed by atoms with E-state index in [4.69, 9.17) is 0 Å². The fourth-order valence-electron chi connectivity index (χ4n) is 5.51. The number of benzene rings is 2. The zero-order valence-corrected chi connectivity index (χ0v) is 18.3. The first-order valence-electron chi connectivity index (χ1n) is 11.1. The maximum atomic E-state index is 12.9. The van der Waals surface area contributed by atoms with Crippen LogP contribution in [0.4, 0.5) is 0 Å². The highest BCUT2D eigenvalue weighted by molar-refractivity contribution is 7.89. The summed E-state index contributed by atoms with van der Waals surface area (Å²) in [4.78, 5) is 5.64. The van der Waals surface area contributed by atoms with Gasteiger partial charge in [-0.1, -0.05) is 48.5 Å². The monoisotopic (exact) mass is 425 g/mol. The maximum Gasteiger partial charge on any atom is 0.243 e. The van der Waals surface area contributed by atoms with Crippen molar-refractivity contribution in [1.82, 2.24) is 14.1 Å². The molecule has 0 saturated carbocycles. The number of piperidine rings is 1. The van der Waals surface area contributed by atoms with E-state index in [1.54, 1.807) is 28.6 Å². The smallest absolute Gasteiger partial charge is 0.243 e. The van der Waals surface area contributed by atoms with Crippen LogP contribution >= 0.6 is 0 Å². The molecule has 2 unspecified atom stereocenters. The van der Waals surface area contributed by atoms with Gasteiger partial charge in [0.2, 0.25) is 10.0 Å². The van der Waals surface area contributed by atoms with E-state index in [1.807, 2.05) is 6.07 Å². The summed E-state index contributed by atoms with van der Waals surface area (Å²) in [6.07, 6.45) is 2.44. The number of sulfonamides is 1. The lowest BCUT2D eigenvalue weighted by molar-refractivity contribution is 0.115. The molecule has 6 heteroatoms. The fraction of sp³-hybridized carbons (Fsp3) is 0.500. The van der Waals surface area contributed by atoms with Crippen LogP contribution in [-0.4, -0.2) is 67.8 Å². The van der Waals surface area contributed by atoms with E-state index in [0.717, 1.165) is 32.7 Å². The zero-order valence-electron chi connectivity index (χ0n) is 17.4. The van der Waals surface area contributed by atoms with Crippen molar-refractivity contribution >= 4 is 10.0 Å². The zero-order chi connectivity index (χ0) is 20.6. The molecule has 0 spiro atoms. The van der Waals surface area contributed by atoms with E-state index in [9.17, 15) is 8.42 Å². The minimum absolute atomic E-state index is 0.424. The van der Waals surface area contributed by atoms with Crippen LogP contribution in [0.5, 0.6) is 0 Å². The molecule has 3 heterocycles. The van der Waals surface area contributed by atoms with Crippen LogP contribution in [0.3, 0.4) is 0 Å². The molecule has 0 aliphatic carbocycles. The van der Waals surface area contributed by atoms with Gasteiger partial charge in [-0.15, -0.1) is 0 Å². The molecule has 0 amide bonds. The van der Waals surface area contributed by atoms with E-state index in [-0.39, 0.29) is 0 Å². The third kappa shape index (κ3) is 4.06. The molecule has 0 radical (unpaired) electrons. The SMILES string of the molecule is O=S(=O)(c1ccccc1)N1CC2CN(C3CCN(Cc4ccccc4)CC3)CC2C1. The lowest BCUT2D eigenvalue weighted by Gasteiger charge is -2.37. The minimum atomic E-state index is -3.35. The van der Waals surface area contributed by atoms with Crippen LogP contribution in [0, 0.1) is 11.8 Å². The number of likely N-dealkylation sites (tertiary alicyclic amines) is 2. The summed E-state index contributed by atoms with van der Waals surface area (Å²) in [7, 11) is -3.35. The summed E-state index contributed by atoms with van der Waals surface area (Å²) >= 11 is 0. The lowest BCUT2D eigenvalue weighted by Crippen LogP contribution is -2.45. The molecule has 3 aliphatic heterocycles. The van der Waals surface area contributed by atoms with Crippen molar-refractivity contribution in [2.75, 3.05) is 39.3 Å². The quantitative estimate of drug-likeness (QED) is 0.739. The van der Waals surface area contributed by atoms with Gasteiger partial charge in [-0.05, 0) is 55.5 Å². The molecule has 0 N–H and O–H groups in total. The minimum Gasteiger partial charge on any atom is -0.300 e. The highest BCUT2D eigenvalue weighted by atomic mass is 32.2. The Kier molecular flexibility index (Phi) is 5.67. The largest absolute Gasteiger partial charge is 0.300 e. The van der Waals surface area contributed by atoms with Crippen molar-refractivity contribution in [3.05, 3.63) is 66.2 Å². The van der Waals surface area contributed by atoms with Gasteiger partial charge in [0.1, 0.15) is 0 Å². The van der Waals surface area contributed by atoms with Gasteiger partial charge in [0.25, 0.3) is 0 Å². The summed E-state index contributed by atoms with van der Waals surface area (Å²) in [5, 5.41) is 0. The second-order valence-electron chi connectivity index (χ2n) is 9.10. The summed E-state index contributed by atoms with van der Waals surface area (Å²) in [5.41, 5.74) is 1.39. The second kappa shape index (κ2) is 8.42. The molecule has 0 bridgehead atoms. The molecule has 160 valence electrons. The van der Waals surface area contributed by atoms with Gasteiger partial charge >= 0.3 is 0 Å². The van der Waals surface area contributed by atoms with Gasteiger partial charge in [0, 0.05) is 38.8 Å². The number of hydrogen-bond acceptors (Lipinski definition) is 4. The third-order valence-corrected chi connectivity index (χ3v) is 9.03. The Morgan fingerprint density at radius 2 is 1.33 bits per heavy atom. The molecular weight excluding hydrogens is 394 g/mol. The lowest BCUT2D eigenvalue weighted by atomic mass is 10.0. The average Bonchev–Trinajstić information content (AvgIpc) is 3.36. The van der Waals surface area contributed by atoms with Crippen LogP contribution < -0.4 is 0 Å². The Morgan fingerprint density at radius 1 is 0.767 bits per heavy atom. The summed E-state index contributed by atoms with van der Waals surface area (Å²) in [5.74, 6) is 0.955. The first-order valence-corrected chi connectivity index (χ1v) is 12.6. The number of hydrogen-bond donors (Lipinski definition) is 0. The average molecular weight is 426 g/mol. The van der Waals surface area contributed by atoms with Gasteiger partial charge in [0.05, 0.1) is 4.90 Å². The molecule has 5 rings (SSSR count). The second-order valence-corrected chi connectivity index (χ2v) is 11.0. The van der Waals surface area contributed by atoms with Crippen LogP contribution in [-0.2, 0) is 16.6 Å². The Hall–Kier alpha value is -1.73. The summed E-state index contributed by atoms with van der Waals surface area (Å²) in [6, 6.07) is 20.3. The van der Waals surface area contributed by atoms with Gasteiger partial charge in [0.15, 0.2) is 0 Å². The van der Waals surface area contributed by atoms with Crippen molar-refractivity contribution in [3.8, 4) is 0 Å². The number of fused-ring (bicyclic) bond motifs is 1. The van der Waals surface area contributed by atoms with Gasteiger partial charge in [-0.2, -0.15) is 4.31 Å². The van der Waals surface area contributed by atoms with Crippen molar-refractivity contribution in [1.29, 1.82) is 0 Å². The third-order valence-electron chi connectivity index (χ3n) is 7.18. The van der Waals surface area contributed by atoms with Gasteiger partial charge in [-0.3, -0.25) is 9.80 Å². The van der Waals surface area contributed by atoms with Crippen molar-refractivity contribution in [2.24, 2.45) is 11.8 Å². The summed E-state index contributed by atoms with van der Waals surface area (Å²) < 4.78 is 27.6. The van der Waals surface area contributed by atoms with Crippen molar-refractivity contribution in [2.45, 2.75) is 30.3 Å². The van der Waals surface area contributed by atoms with E-state index >= 15 is 0 Å².